The highest BCUT2D eigenvalue weighted by Crippen LogP contribution is 2.07. The van der Waals surface area contributed by atoms with Gasteiger partial charge in [0.2, 0.25) is 0 Å². The number of aryl methyl sites for hydroxylation is 1. The molecule has 0 radical (unpaired) electrons. The minimum absolute atomic E-state index is 0.189. The van der Waals surface area contributed by atoms with Gasteiger partial charge in [0.15, 0.2) is 0 Å². The van der Waals surface area contributed by atoms with Crippen molar-refractivity contribution in [2.75, 3.05) is 0 Å². The van der Waals surface area contributed by atoms with Gasteiger partial charge in [0.25, 0.3) is 0 Å². The van der Waals surface area contributed by atoms with E-state index in [0.717, 1.165) is 5.56 Å². The summed E-state index contributed by atoms with van der Waals surface area (Å²) >= 11 is 0. The fourth-order valence-corrected chi connectivity index (χ4v) is 1.01. The Morgan fingerprint density at radius 2 is 1.92 bits per heavy atom. The van der Waals surface area contributed by atoms with Gasteiger partial charge in [0.1, 0.15) is 5.82 Å². The van der Waals surface area contributed by atoms with Gasteiger partial charge in [-0.3, -0.25) is 0 Å². The maximum Gasteiger partial charge on any atom is 0.148 e. The van der Waals surface area contributed by atoms with Gasteiger partial charge in [-0.2, -0.15) is 0 Å². The van der Waals surface area contributed by atoms with Crippen molar-refractivity contribution in [1.82, 2.24) is 9.97 Å². The standard InChI is InChI=1S/C10H15N3/c1-7(2)4-9(11)10-12-5-8(3)6-13-10/h4-6,9H,11H2,1-3H3. The van der Waals surface area contributed by atoms with E-state index in [-0.39, 0.29) is 6.04 Å². The number of rotatable bonds is 2. The third-order valence-corrected chi connectivity index (χ3v) is 1.61. The SMILES string of the molecule is CC(C)=CC(N)c1ncc(C)cn1. The van der Waals surface area contributed by atoms with Gasteiger partial charge < -0.3 is 5.73 Å². The molecule has 2 N–H and O–H groups in total. The van der Waals surface area contributed by atoms with Crippen molar-refractivity contribution >= 4 is 0 Å². The Hall–Kier alpha value is -1.22. The summed E-state index contributed by atoms with van der Waals surface area (Å²) in [5.41, 5.74) is 8.07. The lowest BCUT2D eigenvalue weighted by Gasteiger charge is -2.05. The molecule has 1 rings (SSSR count). The first kappa shape index (κ1) is 9.86. The summed E-state index contributed by atoms with van der Waals surface area (Å²) < 4.78 is 0. The Bertz CT molecular complexity index is 296. The minimum Gasteiger partial charge on any atom is -0.318 e. The van der Waals surface area contributed by atoms with Crippen molar-refractivity contribution in [2.45, 2.75) is 26.8 Å². The van der Waals surface area contributed by atoms with Gasteiger partial charge in [-0.25, -0.2) is 9.97 Å². The summed E-state index contributed by atoms with van der Waals surface area (Å²) in [6.07, 6.45) is 5.51. The molecule has 1 heterocycles. The summed E-state index contributed by atoms with van der Waals surface area (Å²) in [4.78, 5) is 8.30. The third-order valence-electron chi connectivity index (χ3n) is 1.61. The lowest BCUT2D eigenvalue weighted by Crippen LogP contribution is -2.11. The molecule has 1 atom stereocenters. The van der Waals surface area contributed by atoms with Crippen molar-refractivity contribution in [3.63, 3.8) is 0 Å². The second-order valence-corrected chi connectivity index (χ2v) is 3.39. The van der Waals surface area contributed by atoms with Crippen LogP contribution < -0.4 is 5.73 Å². The van der Waals surface area contributed by atoms with Crippen molar-refractivity contribution in [3.05, 3.63) is 35.4 Å². The molecule has 0 spiro atoms. The zero-order valence-corrected chi connectivity index (χ0v) is 8.28. The molecule has 3 nitrogen and oxygen atoms in total. The lowest BCUT2D eigenvalue weighted by atomic mass is 10.2. The Balaban J connectivity index is 2.83. The zero-order valence-electron chi connectivity index (χ0n) is 8.28. The first-order valence-corrected chi connectivity index (χ1v) is 4.28. The lowest BCUT2D eigenvalue weighted by molar-refractivity contribution is 0.797. The van der Waals surface area contributed by atoms with E-state index < -0.39 is 0 Å². The van der Waals surface area contributed by atoms with E-state index >= 15 is 0 Å². The molecule has 1 unspecified atom stereocenters. The third kappa shape index (κ3) is 2.95. The van der Waals surface area contributed by atoms with Crippen LogP contribution in [0.3, 0.4) is 0 Å². The summed E-state index contributed by atoms with van der Waals surface area (Å²) in [5, 5.41) is 0. The summed E-state index contributed by atoms with van der Waals surface area (Å²) in [5.74, 6) is 0.673. The van der Waals surface area contributed by atoms with E-state index in [0.29, 0.717) is 5.82 Å². The second kappa shape index (κ2) is 4.14. The zero-order chi connectivity index (χ0) is 9.84. The normalized spacial score (nSPS) is 12.3. The molecule has 13 heavy (non-hydrogen) atoms. The molecule has 0 aliphatic heterocycles. The van der Waals surface area contributed by atoms with E-state index in [4.69, 9.17) is 5.73 Å². The molecule has 0 bridgehead atoms. The topological polar surface area (TPSA) is 51.8 Å². The van der Waals surface area contributed by atoms with Gasteiger partial charge >= 0.3 is 0 Å². The van der Waals surface area contributed by atoms with Crippen LogP contribution in [-0.2, 0) is 0 Å². The number of allylic oxidation sites excluding steroid dienone is 1. The van der Waals surface area contributed by atoms with Crippen LogP contribution in [0.25, 0.3) is 0 Å². The maximum absolute atomic E-state index is 5.84. The molecule has 0 aromatic carbocycles. The predicted molar refractivity (Wildman–Crippen MR) is 53.1 cm³/mol. The van der Waals surface area contributed by atoms with E-state index in [2.05, 4.69) is 9.97 Å². The van der Waals surface area contributed by atoms with E-state index in [1.807, 2.05) is 26.8 Å². The molecule has 3 heteroatoms. The van der Waals surface area contributed by atoms with Crippen LogP contribution in [0, 0.1) is 6.92 Å². The van der Waals surface area contributed by atoms with Crippen molar-refractivity contribution < 1.29 is 0 Å². The van der Waals surface area contributed by atoms with Crippen LogP contribution in [0.2, 0.25) is 0 Å². The first-order valence-electron chi connectivity index (χ1n) is 4.28. The number of hydrogen-bond acceptors (Lipinski definition) is 3. The van der Waals surface area contributed by atoms with Crippen molar-refractivity contribution in [3.8, 4) is 0 Å². The highest BCUT2D eigenvalue weighted by atomic mass is 14.9. The first-order chi connectivity index (χ1) is 6.09. The molecule has 0 fully saturated rings. The van der Waals surface area contributed by atoms with Crippen LogP contribution in [0.4, 0.5) is 0 Å². The molecule has 0 amide bonds. The fourth-order valence-electron chi connectivity index (χ4n) is 1.01. The molecule has 0 aliphatic rings. The predicted octanol–water partition coefficient (Wildman–Crippen LogP) is 1.75. The fraction of sp³-hybridized carbons (Fsp3) is 0.400. The van der Waals surface area contributed by atoms with Crippen LogP contribution >= 0.6 is 0 Å². The molecular formula is C10H15N3. The second-order valence-electron chi connectivity index (χ2n) is 3.39. The molecule has 1 aromatic rings. The van der Waals surface area contributed by atoms with Crippen LogP contribution in [0.5, 0.6) is 0 Å². The summed E-state index contributed by atoms with van der Waals surface area (Å²) in [6.45, 7) is 5.97. The number of hydrogen-bond donors (Lipinski definition) is 1. The smallest absolute Gasteiger partial charge is 0.148 e. The van der Waals surface area contributed by atoms with Gasteiger partial charge in [-0.15, -0.1) is 0 Å². The number of nitrogens with two attached hydrogens (primary N) is 1. The summed E-state index contributed by atoms with van der Waals surface area (Å²) in [7, 11) is 0. The maximum atomic E-state index is 5.84. The van der Waals surface area contributed by atoms with Crippen LogP contribution in [0.15, 0.2) is 24.0 Å². The molecule has 0 aliphatic carbocycles. The van der Waals surface area contributed by atoms with Gasteiger partial charge in [0.05, 0.1) is 6.04 Å². The monoisotopic (exact) mass is 177 g/mol. The van der Waals surface area contributed by atoms with Crippen molar-refractivity contribution in [2.24, 2.45) is 5.73 Å². The average Bonchev–Trinajstić information content (AvgIpc) is 2.04. The van der Waals surface area contributed by atoms with Gasteiger partial charge in [-0.05, 0) is 26.3 Å². The Morgan fingerprint density at radius 1 is 1.38 bits per heavy atom. The van der Waals surface area contributed by atoms with Gasteiger partial charge in [0, 0.05) is 12.4 Å². The van der Waals surface area contributed by atoms with E-state index in [1.54, 1.807) is 12.4 Å². The Kier molecular flexibility index (Phi) is 3.14. The minimum atomic E-state index is -0.189. The largest absolute Gasteiger partial charge is 0.318 e. The number of nitrogens with zero attached hydrogens (tertiary/aromatic N) is 2. The molecule has 0 saturated carbocycles. The van der Waals surface area contributed by atoms with Gasteiger partial charge in [-0.1, -0.05) is 11.6 Å². The average molecular weight is 177 g/mol. The quantitative estimate of drug-likeness (QED) is 0.700. The highest BCUT2D eigenvalue weighted by Gasteiger charge is 2.04. The van der Waals surface area contributed by atoms with Crippen LogP contribution in [0.1, 0.15) is 31.3 Å². The molecular weight excluding hydrogens is 162 g/mol. The Morgan fingerprint density at radius 3 is 2.38 bits per heavy atom. The molecule has 0 saturated heterocycles. The van der Waals surface area contributed by atoms with E-state index in [9.17, 15) is 0 Å². The molecule has 70 valence electrons. The van der Waals surface area contributed by atoms with E-state index in [1.165, 1.54) is 5.57 Å². The summed E-state index contributed by atoms with van der Waals surface area (Å²) in [6, 6.07) is -0.189. The van der Waals surface area contributed by atoms with Crippen molar-refractivity contribution in [1.29, 1.82) is 0 Å². The molecule has 1 aromatic heterocycles. The highest BCUT2D eigenvalue weighted by molar-refractivity contribution is 5.11. The number of aromatic nitrogens is 2. The Labute approximate surface area is 78.7 Å². The van der Waals surface area contributed by atoms with Crippen LogP contribution in [-0.4, -0.2) is 9.97 Å².